The highest BCUT2D eigenvalue weighted by Crippen LogP contribution is 2.35. The minimum absolute atomic E-state index is 0.100. The zero-order valence-electron chi connectivity index (χ0n) is 15.9. The van der Waals surface area contributed by atoms with E-state index in [9.17, 15) is 13.2 Å². The summed E-state index contributed by atoms with van der Waals surface area (Å²) in [5.41, 5.74) is 1.61. The summed E-state index contributed by atoms with van der Waals surface area (Å²) in [6, 6.07) is 15.5. The predicted molar refractivity (Wildman–Crippen MR) is 114 cm³/mol. The molecule has 0 spiro atoms. The van der Waals surface area contributed by atoms with Crippen molar-refractivity contribution in [3.05, 3.63) is 71.3 Å². The maximum atomic E-state index is 12.9. The van der Waals surface area contributed by atoms with Gasteiger partial charge in [0.05, 0.1) is 15.5 Å². The minimum atomic E-state index is -3.95. The lowest BCUT2D eigenvalue weighted by molar-refractivity contribution is -0.113. The number of carbonyl (C=O) groups is 1. The van der Waals surface area contributed by atoms with Crippen LogP contribution >= 0.6 is 11.8 Å². The highest BCUT2D eigenvalue weighted by Gasteiger charge is 2.36. The second-order valence-electron chi connectivity index (χ2n) is 6.38. The zero-order valence-corrected chi connectivity index (χ0v) is 17.5. The maximum Gasteiger partial charge on any atom is 0.284 e. The molecular weight excluding hydrogens is 394 g/mol. The molecule has 1 heterocycles. The Morgan fingerprint density at radius 1 is 1.07 bits per heavy atom. The van der Waals surface area contributed by atoms with E-state index in [0.717, 1.165) is 23.7 Å². The van der Waals surface area contributed by atoms with Crippen LogP contribution in [-0.2, 0) is 21.2 Å². The van der Waals surface area contributed by atoms with Crippen LogP contribution in [0.25, 0.3) is 0 Å². The molecule has 1 aliphatic heterocycles. The van der Waals surface area contributed by atoms with Gasteiger partial charge in [-0.1, -0.05) is 37.3 Å². The highest BCUT2D eigenvalue weighted by molar-refractivity contribution is 8.19. The molecule has 0 saturated carbocycles. The van der Waals surface area contributed by atoms with Crippen LogP contribution in [0.2, 0.25) is 0 Å². The van der Waals surface area contributed by atoms with E-state index in [0.29, 0.717) is 10.6 Å². The van der Waals surface area contributed by atoms with E-state index >= 15 is 0 Å². The summed E-state index contributed by atoms with van der Waals surface area (Å²) in [5, 5.41) is 0.115. The predicted octanol–water partition coefficient (Wildman–Crippen LogP) is 3.48. The lowest BCUT2D eigenvalue weighted by atomic mass is 10.2. The van der Waals surface area contributed by atoms with Gasteiger partial charge in [-0.25, -0.2) is 0 Å². The average Bonchev–Trinajstić information content (AvgIpc) is 2.96. The van der Waals surface area contributed by atoms with Crippen molar-refractivity contribution in [1.29, 1.82) is 0 Å². The van der Waals surface area contributed by atoms with Crippen molar-refractivity contribution >= 4 is 38.5 Å². The molecule has 3 rings (SSSR count). The Morgan fingerprint density at radius 2 is 1.71 bits per heavy atom. The number of para-hydroxylation sites is 1. The number of amides is 1. The van der Waals surface area contributed by atoms with Gasteiger partial charge >= 0.3 is 0 Å². The Hall–Kier alpha value is -2.58. The van der Waals surface area contributed by atoms with Crippen molar-refractivity contribution in [3.8, 4) is 0 Å². The molecule has 1 fully saturated rings. The topological polar surface area (TPSA) is 70.0 Å². The highest BCUT2D eigenvalue weighted by atomic mass is 32.2. The zero-order chi connectivity index (χ0) is 20.3. The summed E-state index contributed by atoms with van der Waals surface area (Å²) < 4.78 is 29.7. The quantitative estimate of drug-likeness (QED) is 0.700. The Balaban J connectivity index is 2.06. The van der Waals surface area contributed by atoms with Crippen molar-refractivity contribution < 1.29 is 13.2 Å². The molecule has 28 heavy (non-hydrogen) atoms. The molecule has 8 heteroatoms. The van der Waals surface area contributed by atoms with E-state index in [1.807, 2.05) is 13.0 Å². The number of anilines is 1. The lowest BCUT2D eigenvalue weighted by Crippen LogP contribution is -2.29. The van der Waals surface area contributed by atoms with E-state index in [1.54, 1.807) is 73.7 Å². The number of rotatable bonds is 5. The van der Waals surface area contributed by atoms with E-state index in [-0.39, 0.29) is 16.0 Å². The first-order chi connectivity index (χ1) is 13.3. The van der Waals surface area contributed by atoms with Gasteiger partial charge in [-0.05, 0) is 48.0 Å². The summed E-state index contributed by atoms with van der Waals surface area (Å²) >= 11 is 1.05. The van der Waals surface area contributed by atoms with Crippen molar-refractivity contribution in [3.63, 3.8) is 0 Å². The van der Waals surface area contributed by atoms with Gasteiger partial charge in [0.1, 0.15) is 0 Å². The van der Waals surface area contributed by atoms with Gasteiger partial charge < -0.3 is 4.90 Å². The molecule has 1 amide bonds. The monoisotopic (exact) mass is 415 g/mol. The van der Waals surface area contributed by atoms with Crippen LogP contribution in [0.4, 0.5) is 5.69 Å². The second kappa shape index (κ2) is 8.20. The van der Waals surface area contributed by atoms with Crippen LogP contribution in [0.15, 0.2) is 75.0 Å². The summed E-state index contributed by atoms with van der Waals surface area (Å²) in [6.07, 6.45) is 2.48. The summed E-state index contributed by atoms with van der Waals surface area (Å²) in [7, 11) is -0.352. The average molecular weight is 416 g/mol. The van der Waals surface area contributed by atoms with E-state index in [1.165, 1.54) is 4.90 Å². The van der Waals surface area contributed by atoms with Gasteiger partial charge in [-0.15, -0.1) is 4.40 Å². The fourth-order valence-electron chi connectivity index (χ4n) is 2.62. The number of nitrogens with zero attached hydrogens (tertiary/aromatic N) is 3. The third-order valence-corrected chi connectivity index (χ3v) is 6.38. The van der Waals surface area contributed by atoms with Gasteiger partial charge in [-0.3, -0.25) is 9.69 Å². The number of carbonyl (C=O) groups excluding carboxylic acids is 1. The molecule has 2 aromatic carbocycles. The summed E-state index contributed by atoms with van der Waals surface area (Å²) in [5.74, 6) is -0.305. The Bertz CT molecular complexity index is 1030. The van der Waals surface area contributed by atoms with Crippen LogP contribution in [-0.4, -0.2) is 38.5 Å². The molecule has 6 nitrogen and oxygen atoms in total. The maximum absolute atomic E-state index is 12.9. The third kappa shape index (κ3) is 4.28. The van der Waals surface area contributed by atoms with E-state index in [2.05, 4.69) is 4.40 Å². The van der Waals surface area contributed by atoms with Gasteiger partial charge in [0.25, 0.3) is 15.9 Å². The van der Waals surface area contributed by atoms with Crippen LogP contribution in [0.3, 0.4) is 0 Å². The molecule has 0 atom stereocenters. The van der Waals surface area contributed by atoms with E-state index in [4.69, 9.17) is 0 Å². The Morgan fingerprint density at radius 3 is 2.29 bits per heavy atom. The van der Waals surface area contributed by atoms with Gasteiger partial charge in [-0.2, -0.15) is 8.42 Å². The molecule has 0 aliphatic carbocycles. The molecule has 0 radical (unpaired) electrons. The minimum Gasteiger partial charge on any atom is -0.382 e. The molecule has 146 valence electrons. The molecular formula is C20H21N3O3S2. The van der Waals surface area contributed by atoms with Crippen molar-refractivity contribution in [1.82, 2.24) is 4.90 Å². The van der Waals surface area contributed by atoms with Crippen LogP contribution in [0.1, 0.15) is 12.5 Å². The SMILES string of the molecule is CCc1ccc(S(=O)(=O)N=C2S/C(=C/N(C)C)C(=O)N2c2ccccc2)cc1. The smallest absolute Gasteiger partial charge is 0.284 e. The molecule has 0 N–H and O–H groups in total. The molecule has 1 aliphatic rings. The van der Waals surface area contributed by atoms with Crippen molar-refractivity contribution in [2.45, 2.75) is 18.2 Å². The number of sulfonamides is 1. The fourth-order valence-corrected chi connectivity index (χ4v) is 4.85. The molecule has 0 bridgehead atoms. The molecule has 0 unspecified atom stereocenters. The molecule has 2 aromatic rings. The van der Waals surface area contributed by atoms with Crippen molar-refractivity contribution in [2.24, 2.45) is 4.40 Å². The standard InChI is InChI=1S/C20H21N3O3S2/c1-4-15-10-12-17(13-11-15)28(25,26)21-20-23(16-8-6-5-7-9-16)19(24)18(27-20)14-22(2)3/h5-14H,4H2,1-3H3/b18-14+,21-20?. The third-order valence-electron chi connectivity index (χ3n) is 4.02. The Labute approximate surface area is 169 Å². The van der Waals surface area contributed by atoms with Gasteiger partial charge in [0, 0.05) is 20.3 Å². The number of thioether (sulfide) groups is 1. The Kier molecular flexibility index (Phi) is 5.90. The first kappa shape index (κ1) is 20.2. The number of benzene rings is 2. The summed E-state index contributed by atoms with van der Waals surface area (Å²) in [6.45, 7) is 2.00. The molecule has 0 aromatic heterocycles. The van der Waals surface area contributed by atoms with E-state index < -0.39 is 10.0 Å². The van der Waals surface area contributed by atoms with Gasteiger partial charge in [0.2, 0.25) is 0 Å². The largest absolute Gasteiger partial charge is 0.382 e. The van der Waals surface area contributed by atoms with Crippen molar-refractivity contribution in [2.75, 3.05) is 19.0 Å². The van der Waals surface area contributed by atoms with Crippen LogP contribution < -0.4 is 4.90 Å². The first-order valence-corrected chi connectivity index (χ1v) is 11.0. The lowest BCUT2D eigenvalue weighted by Gasteiger charge is -2.15. The molecule has 1 saturated heterocycles. The number of hydrogen-bond acceptors (Lipinski definition) is 5. The van der Waals surface area contributed by atoms with Gasteiger partial charge in [0.15, 0.2) is 5.17 Å². The van der Waals surface area contributed by atoms with Crippen LogP contribution in [0.5, 0.6) is 0 Å². The second-order valence-corrected chi connectivity index (χ2v) is 8.99. The van der Waals surface area contributed by atoms with Crippen LogP contribution in [0, 0.1) is 0 Å². The number of amidine groups is 1. The number of aryl methyl sites for hydroxylation is 1. The fraction of sp³-hybridized carbons (Fsp3) is 0.200. The summed E-state index contributed by atoms with van der Waals surface area (Å²) in [4.78, 5) is 16.5. The normalized spacial score (nSPS) is 17.5. The number of hydrogen-bond donors (Lipinski definition) is 0. The first-order valence-electron chi connectivity index (χ1n) is 8.71.